The van der Waals surface area contributed by atoms with E-state index >= 15 is 0 Å². The Morgan fingerprint density at radius 3 is 2.81 bits per heavy atom. The third kappa shape index (κ3) is 4.64. The number of aryl methyl sites for hydroxylation is 1. The van der Waals surface area contributed by atoms with Crippen molar-refractivity contribution in [2.75, 3.05) is 33.4 Å². The van der Waals surface area contributed by atoms with Gasteiger partial charge in [-0.05, 0) is 31.2 Å². The van der Waals surface area contributed by atoms with Gasteiger partial charge in [0, 0.05) is 13.1 Å². The molecule has 3 heteroatoms. The van der Waals surface area contributed by atoms with Crippen molar-refractivity contribution in [3.8, 4) is 5.75 Å². The second-order valence-corrected chi connectivity index (χ2v) is 3.88. The van der Waals surface area contributed by atoms with Gasteiger partial charge in [0.1, 0.15) is 12.4 Å². The summed E-state index contributed by atoms with van der Waals surface area (Å²) in [6, 6.07) is 8.17. The maximum atomic E-state index is 8.74. The third-order valence-corrected chi connectivity index (χ3v) is 2.53. The van der Waals surface area contributed by atoms with E-state index in [1.165, 1.54) is 5.56 Å². The first-order valence-corrected chi connectivity index (χ1v) is 5.77. The molecule has 1 aromatic carbocycles. The Morgan fingerprint density at radius 2 is 2.12 bits per heavy atom. The lowest BCUT2D eigenvalue weighted by Crippen LogP contribution is -2.27. The van der Waals surface area contributed by atoms with Gasteiger partial charge in [-0.2, -0.15) is 0 Å². The van der Waals surface area contributed by atoms with E-state index in [0.29, 0.717) is 13.2 Å². The first-order chi connectivity index (χ1) is 7.76. The molecule has 1 N–H and O–H groups in total. The molecule has 1 aromatic rings. The third-order valence-electron chi connectivity index (χ3n) is 2.53. The van der Waals surface area contributed by atoms with Gasteiger partial charge in [-0.1, -0.05) is 19.1 Å². The summed E-state index contributed by atoms with van der Waals surface area (Å²) in [5, 5.41) is 8.74. The van der Waals surface area contributed by atoms with Gasteiger partial charge in [0.15, 0.2) is 0 Å². The van der Waals surface area contributed by atoms with Gasteiger partial charge >= 0.3 is 0 Å². The lowest BCUT2D eigenvalue weighted by atomic mass is 10.2. The van der Waals surface area contributed by atoms with Crippen LogP contribution in [0.4, 0.5) is 0 Å². The number of aliphatic hydroxyl groups excluding tert-OH is 1. The van der Waals surface area contributed by atoms with Gasteiger partial charge in [0.25, 0.3) is 0 Å². The molecular weight excluding hydrogens is 202 g/mol. The van der Waals surface area contributed by atoms with Crippen molar-refractivity contribution in [3.63, 3.8) is 0 Å². The average Bonchev–Trinajstić information content (AvgIpc) is 2.30. The molecule has 1 rings (SSSR count). The minimum atomic E-state index is 0.196. The monoisotopic (exact) mass is 223 g/mol. The molecule has 0 saturated carbocycles. The largest absolute Gasteiger partial charge is 0.492 e. The highest BCUT2D eigenvalue weighted by atomic mass is 16.5. The van der Waals surface area contributed by atoms with Crippen molar-refractivity contribution < 1.29 is 9.84 Å². The summed E-state index contributed by atoms with van der Waals surface area (Å²) < 4.78 is 5.64. The van der Waals surface area contributed by atoms with Crippen LogP contribution in [0.1, 0.15) is 12.5 Å². The molecule has 0 aliphatic carbocycles. The van der Waals surface area contributed by atoms with Crippen LogP contribution in [-0.2, 0) is 6.42 Å². The number of hydrogen-bond acceptors (Lipinski definition) is 3. The summed E-state index contributed by atoms with van der Waals surface area (Å²) in [4.78, 5) is 2.05. The topological polar surface area (TPSA) is 32.7 Å². The van der Waals surface area contributed by atoms with E-state index in [1.807, 2.05) is 24.1 Å². The maximum absolute atomic E-state index is 8.74. The molecule has 0 fully saturated rings. The van der Waals surface area contributed by atoms with Gasteiger partial charge in [-0.25, -0.2) is 0 Å². The smallest absolute Gasteiger partial charge is 0.119 e. The standard InChI is InChI=1S/C13H21NO2/c1-3-12-5-4-6-13(11-12)16-10-8-14(2)7-9-15/h4-6,11,15H,3,7-10H2,1-2H3. The fraction of sp³-hybridized carbons (Fsp3) is 0.538. The molecule has 0 unspecified atom stereocenters. The van der Waals surface area contributed by atoms with E-state index < -0.39 is 0 Å². The van der Waals surface area contributed by atoms with Crippen LogP contribution in [0.2, 0.25) is 0 Å². The SMILES string of the molecule is CCc1cccc(OCCN(C)CCO)c1. The zero-order chi connectivity index (χ0) is 11.8. The van der Waals surface area contributed by atoms with Crippen LogP contribution in [-0.4, -0.2) is 43.4 Å². The Labute approximate surface area is 97.7 Å². The van der Waals surface area contributed by atoms with E-state index in [-0.39, 0.29) is 6.61 Å². The second-order valence-electron chi connectivity index (χ2n) is 3.88. The highest BCUT2D eigenvalue weighted by molar-refractivity contribution is 5.28. The van der Waals surface area contributed by atoms with Gasteiger partial charge in [-0.3, -0.25) is 0 Å². The molecule has 0 radical (unpaired) electrons. The molecule has 90 valence electrons. The molecule has 3 nitrogen and oxygen atoms in total. The van der Waals surface area contributed by atoms with Gasteiger partial charge in [-0.15, -0.1) is 0 Å². The summed E-state index contributed by atoms with van der Waals surface area (Å²) in [6.45, 7) is 4.51. The fourth-order valence-corrected chi connectivity index (χ4v) is 1.46. The number of rotatable bonds is 7. The maximum Gasteiger partial charge on any atom is 0.119 e. The number of benzene rings is 1. The Kier molecular flexibility index (Phi) is 5.90. The van der Waals surface area contributed by atoms with Gasteiger partial charge < -0.3 is 14.7 Å². The lowest BCUT2D eigenvalue weighted by Gasteiger charge is -2.15. The van der Waals surface area contributed by atoms with E-state index in [4.69, 9.17) is 9.84 Å². The first kappa shape index (κ1) is 13.0. The van der Waals surface area contributed by atoms with Gasteiger partial charge in [0.2, 0.25) is 0 Å². The first-order valence-electron chi connectivity index (χ1n) is 5.77. The van der Waals surface area contributed by atoms with E-state index in [1.54, 1.807) is 0 Å². The molecule has 0 saturated heterocycles. The van der Waals surface area contributed by atoms with Crippen LogP contribution < -0.4 is 4.74 Å². The van der Waals surface area contributed by atoms with Crippen LogP contribution in [0.5, 0.6) is 5.75 Å². The van der Waals surface area contributed by atoms with Crippen molar-refractivity contribution in [1.29, 1.82) is 0 Å². The van der Waals surface area contributed by atoms with Crippen molar-refractivity contribution in [3.05, 3.63) is 29.8 Å². The summed E-state index contributed by atoms with van der Waals surface area (Å²) >= 11 is 0. The number of hydrogen-bond donors (Lipinski definition) is 1. The number of nitrogens with zero attached hydrogens (tertiary/aromatic N) is 1. The molecule has 16 heavy (non-hydrogen) atoms. The lowest BCUT2D eigenvalue weighted by molar-refractivity contribution is 0.192. The van der Waals surface area contributed by atoms with E-state index in [9.17, 15) is 0 Å². The molecule has 0 bridgehead atoms. The van der Waals surface area contributed by atoms with Crippen molar-refractivity contribution in [2.45, 2.75) is 13.3 Å². The molecule has 0 atom stereocenters. The Balaban J connectivity index is 2.31. The molecule has 0 aliphatic rings. The number of aliphatic hydroxyl groups is 1. The minimum absolute atomic E-state index is 0.196. The van der Waals surface area contributed by atoms with Crippen LogP contribution in [0.15, 0.2) is 24.3 Å². The molecule has 0 heterocycles. The summed E-state index contributed by atoms with van der Waals surface area (Å²) in [5.74, 6) is 0.928. The highest BCUT2D eigenvalue weighted by Crippen LogP contribution is 2.13. The Hall–Kier alpha value is -1.06. The summed E-state index contributed by atoms with van der Waals surface area (Å²) in [7, 11) is 1.97. The van der Waals surface area contributed by atoms with E-state index in [2.05, 4.69) is 19.1 Å². The van der Waals surface area contributed by atoms with Crippen LogP contribution >= 0.6 is 0 Å². The normalized spacial score (nSPS) is 10.8. The zero-order valence-electron chi connectivity index (χ0n) is 10.1. The van der Waals surface area contributed by atoms with Crippen molar-refractivity contribution in [1.82, 2.24) is 4.90 Å². The van der Waals surface area contributed by atoms with Crippen molar-refractivity contribution in [2.24, 2.45) is 0 Å². The molecular formula is C13H21NO2. The highest BCUT2D eigenvalue weighted by Gasteiger charge is 1.98. The molecule has 0 spiro atoms. The number of likely N-dealkylation sites (N-methyl/N-ethyl adjacent to an activating group) is 1. The summed E-state index contributed by atoms with van der Waals surface area (Å²) in [6.07, 6.45) is 1.03. The zero-order valence-corrected chi connectivity index (χ0v) is 10.1. The average molecular weight is 223 g/mol. The van der Waals surface area contributed by atoms with Crippen LogP contribution in [0, 0.1) is 0 Å². The molecule has 0 amide bonds. The molecule has 0 aromatic heterocycles. The summed E-state index contributed by atoms with van der Waals surface area (Å²) in [5.41, 5.74) is 1.29. The fourth-order valence-electron chi connectivity index (χ4n) is 1.46. The quantitative estimate of drug-likeness (QED) is 0.761. The van der Waals surface area contributed by atoms with Gasteiger partial charge in [0.05, 0.1) is 6.61 Å². The minimum Gasteiger partial charge on any atom is -0.492 e. The predicted octanol–water partition coefficient (Wildman–Crippen LogP) is 1.55. The predicted molar refractivity (Wildman–Crippen MR) is 65.9 cm³/mol. The Bertz CT molecular complexity index is 302. The van der Waals surface area contributed by atoms with E-state index in [0.717, 1.165) is 18.7 Å². The Morgan fingerprint density at radius 1 is 1.31 bits per heavy atom. The van der Waals surface area contributed by atoms with Crippen molar-refractivity contribution >= 4 is 0 Å². The number of ether oxygens (including phenoxy) is 1. The molecule has 0 aliphatic heterocycles. The van der Waals surface area contributed by atoms with Crippen LogP contribution in [0.25, 0.3) is 0 Å². The van der Waals surface area contributed by atoms with Crippen LogP contribution in [0.3, 0.4) is 0 Å². The second kappa shape index (κ2) is 7.25.